The molecular weight excluding hydrogens is 545 g/mol. The SMILES string of the molecule is C=CC1C[P+]2(Cc3cc(-c4ccccc4)c(OC)c(-c4ccccc4)c3)CCC1CC2Cc1ccnc2ccc(O)cc12. The zero-order valence-corrected chi connectivity index (χ0v) is 25.7. The molecule has 8 rings (SSSR count). The van der Waals surface area contributed by atoms with Crippen molar-refractivity contribution in [2.24, 2.45) is 11.8 Å². The molecule has 2 bridgehead atoms. The van der Waals surface area contributed by atoms with E-state index in [9.17, 15) is 5.11 Å². The van der Waals surface area contributed by atoms with Gasteiger partial charge in [0, 0.05) is 42.3 Å². The third-order valence-electron chi connectivity index (χ3n) is 10.1. The van der Waals surface area contributed by atoms with E-state index in [2.05, 4.69) is 96.5 Å². The highest BCUT2D eigenvalue weighted by Crippen LogP contribution is 2.75. The Morgan fingerprint density at radius 2 is 1.63 bits per heavy atom. The van der Waals surface area contributed by atoms with Crippen molar-refractivity contribution in [3.63, 3.8) is 0 Å². The van der Waals surface area contributed by atoms with Gasteiger partial charge in [-0.3, -0.25) is 4.98 Å². The number of fused-ring (bicyclic) bond motifs is 4. The fourth-order valence-electron chi connectivity index (χ4n) is 7.96. The number of rotatable bonds is 8. The first-order valence-corrected chi connectivity index (χ1v) is 17.8. The van der Waals surface area contributed by atoms with E-state index >= 15 is 0 Å². The van der Waals surface area contributed by atoms with Gasteiger partial charge in [-0.05, 0) is 77.4 Å². The lowest BCUT2D eigenvalue weighted by atomic mass is 9.84. The van der Waals surface area contributed by atoms with Gasteiger partial charge in [0.15, 0.2) is 0 Å². The van der Waals surface area contributed by atoms with Crippen LogP contribution in [-0.4, -0.2) is 35.2 Å². The van der Waals surface area contributed by atoms with Crippen molar-refractivity contribution >= 4 is 18.2 Å². The maximum absolute atomic E-state index is 10.3. The van der Waals surface area contributed by atoms with E-state index in [0.717, 1.165) is 46.3 Å². The van der Waals surface area contributed by atoms with Crippen LogP contribution in [0, 0.1) is 11.8 Å². The van der Waals surface area contributed by atoms with Crippen LogP contribution in [0.25, 0.3) is 33.2 Å². The molecule has 43 heavy (non-hydrogen) atoms. The average molecular weight is 585 g/mol. The summed E-state index contributed by atoms with van der Waals surface area (Å²) in [6, 6.07) is 33.9. The number of pyridine rings is 1. The van der Waals surface area contributed by atoms with E-state index in [1.54, 1.807) is 13.2 Å². The van der Waals surface area contributed by atoms with E-state index in [1.165, 1.54) is 47.4 Å². The molecule has 0 saturated carbocycles. The van der Waals surface area contributed by atoms with Crippen LogP contribution in [0.4, 0.5) is 0 Å². The minimum Gasteiger partial charge on any atom is -0.508 e. The Morgan fingerprint density at radius 3 is 2.28 bits per heavy atom. The van der Waals surface area contributed by atoms with Crippen molar-refractivity contribution < 1.29 is 9.84 Å². The lowest BCUT2D eigenvalue weighted by Gasteiger charge is -2.50. The summed E-state index contributed by atoms with van der Waals surface area (Å²) in [5, 5.41) is 11.4. The second-order valence-electron chi connectivity index (χ2n) is 12.5. The first kappa shape index (κ1) is 27.9. The smallest absolute Gasteiger partial charge is 0.134 e. The van der Waals surface area contributed by atoms with Gasteiger partial charge in [0.25, 0.3) is 0 Å². The van der Waals surface area contributed by atoms with Gasteiger partial charge in [-0.1, -0.05) is 66.7 Å². The Labute approximate surface area is 255 Å². The van der Waals surface area contributed by atoms with Crippen LogP contribution < -0.4 is 4.74 Å². The minimum atomic E-state index is -1.41. The molecule has 0 spiro atoms. The number of hydrogen-bond acceptors (Lipinski definition) is 3. The highest BCUT2D eigenvalue weighted by molar-refractivity contribution is 7.76. The van der Waals surface area contributed by atoms with E-state index in [4.69, 9.17) is 4.74 Å². The number of benzene rings is 4. The second-order valence-corrected chi connectivity index (χ2v) is 16.7. The van der Waals surface area contributed by atoms with Crippen LogP contribution in [0.15, 0.2) is 116 Å². The van der Waals surface area contributed by atoms with Gasteiger partial charge in [0.2, 0.25) is 0 Å². The first-order chi connectivity index (χ1) is 21.1. The normalized spacial score (nSPS) is 22.9. The van der Waals surface area contributed by atoms with Crippen LogP contribution in [0.5, 0.6) is 11.5 Å². The van der Waals surface area contributed by atoms with Gasteiger partial charge in [-0.2, -0.15) is 0 Å². The number of phenols is 1. The van der Waals surface area contributed by atoms with Crippen LogP contribution in [-0.2, 0) is 12.6 Å². The van der Waals surface area contributed by atoms with Crippen LogP contribution in [0.2, 0.25) is 0 Å². The topological polar surface area (TPSA) is 42.4 Å². The summed E-state index contributed by atoms with van der Waals surface area (Å²) in [7, 11) is 0.389. The van der Waals surface area contributed by atoms with Gasteiger partial charge in [0.1, 0.15) is 11.5 Å². The van der Waals surface area contributed by atoms with Crippen molar-refractivity contribution in [2.75, 3.05) is 19.4 Å². The molecule has 3 fully saturated rings. The first-order valence-electron chi connectivity index (χ1n) is 15.4. The summed E-state index contributed by atoms with van der Waals surface area (Å²) in [5.74, 6) is 2.58. The zero-order chi connectivity index (χ0) is 29.4. The molecule has 4 aromatic carbocycles. The van der Waals surface area contributed by atoms with Gasteiger partial charge in [0.05, 0.1) is 36.8 Å². The molecule has 1 N–H and O–H groups in total. The second kappa shape index (κ2) is 11.6. The Bertz CT molecular complexity index is 1710. The van der Waals surface area contributed by atoms with Crippen molar-refractivity contribution in [1.82, 2.24) is 4.98 Å². The summed E-state index contributed by atoms with van der Waals surface area (Å²) in [4.78, 5) is 4.60. The van der Waals surface area contributed by atoms with Crippen LogP contribution in [0.3, 0.4) is 0 Å². The lowest BCUT2D eigenvalue weighted by molar-refractivity contribution is 0.334. The molecule has 1 aromatic heterocycles. The lowest BCUT2D eigenvalue weighted by Crippen LogP contribution is -2.42. The Kier molecular flexibility index (Phi) is 7.53. The molecule has 5 aromatic rings. The number of ether oxygens (including phenoxy) is 1. The monoisotopic (exact) mass is 584 g/mol. The molecule has 3 aliphatic rings. The molecule has 216 valence electrons. The van der Waals surface area contributed by atoms with Crippen molar-refractivity contribution in [1.29, 1.82) is 0 Å². The Hall–Kier alpha value is -3.94. The van der Waals surface area contributed by atoms with E-state index in [0.29, 0.717) is 17.3 Å². The maximum atomic E-state index is 10.3. The number of aromatic hydroxyl groups is 1. The molecule has 3 aliphatic heterocycles. The van der Waals surface area contributed by atoms with Crippen LogP contribution in [0.1, 0.15) is 24.0 Å². The third kappa shape index (κ3) is 5.25. The fourth-order valence-corrected chi connectivity index (χ4v) is 13.7. The largest absolute Gasteiger partial charge is 0.508 e. The number of methoxy groups -OCH3 is 1. The van der Waals surface area contributed by atoms with Gasteiger partial charge >= 0.3 is 0 Å². The fraction of sp³-hybridized carbons (Fsp3) is 0.256. The number of phenolic OH excluding ortho intramolecular Hbond substituents is 1. The zero-order valence-electron chi connectivity index (χ0n) is 24.8. The molecule has 4 heteroatoms. The molecule has 0 aliphatic carbocycles. The summed E-state index contributed by atoms with van der Waals surface area (Å²) in [5.41, 5.74) is 9.04. The predicted molar refractivity (Wildman–Crippen MR) is 182 cm³/mol. The number of hydrogen-bond donors (Lipinski definition) is 1. The predicted octanol–water partition coefficient (Wildman–Crippen LogP) is 9.64. The number of aromatic nitrogens is 1. The highest BCUT2D eigenvalue weighted by Gasteiger charge is 2.56. The summed E-state index contributed by atoms with van der Waals surface area (Å²) in [6.07, 6.45) is 11.6. The van der Waals surface area contributed by atoms with E-state index < -0.39 is 7.26 Å². The number of allylic oxidation sites excluding steroid dienone is 1. The molecule has 4 atom stereocenters. The van der Waals surface area contributed by atoms with Gasteiger partial charge in [-0.25, -0.2) is 0 Å². The van der Waals surface area contributed by atoms with Crippen molar-refractivity contribution in [3.8, 4) is 33.8 Å². The van der Waals surface area contributed by atoms with Gasteiger partial charge < -0.3 is 9.84 Å². The summed E-state index contributed by atoms with van der Waals surface area (Å²) < 4.78 is 6.14. The van der Waals surface area contributed by atoms with E-state index in [1.807, 2.05) is 18.3 Å². The van der Waals surface area contributed by atoms with Crippen LogP contribution >= 0.6 is 7.26 Å². The highest BCUT2D eigenvalue weighted by atomic mass is 31.2. The molecule has 0 amide bonds. The molecule has 4 unspecified atom stereocenters. The van der Waals surface area contributed by atoms with Crippen molar-refractivity contribution in [2.45, 2.75) is 31.1 Å². The van der Waals surface area contributed by atoms with Crippen molar-refractivity contribution in [3.05, 3.63) is 127 Å². The molecule has 0 radical (unpaired) electrons. The summed E-state index contributed by atoms with van der Waals surface area (Å²) in [6.45, 7) is 4.30. The molecular formula is C39H39NO2P+. The Morgan fingerprint density at radius 1 is 0.930 bits per heavy atom. The average Bonchev–Trinajstić information content (AvgIpc) is 3.06. The standard InChI is InChI=1S/C39H38NO2P/c1-3-28-26-43(19-17-31(28)22-34(43)23-32-16-18-40-38-15-14-33(41)24-35(32)38)25-27-20-36(29-10-6-4-7-11-29)39(42-2)37(21-27)30-12-8-5-9-13-30/h3-16,18,20-21,24,28,31,34H,1,17,19,22-23,25-26H2,2H3/p+1. The minimum absolute atomic E-state index is 0.309. The van der Waals surface area contributed by atoms with E-state index in [-0.39, 0.29) is 0 Å². The Balaban J connectivity index is 1.33. The number of nitrogens with zero attached hydrogens (tertiary/aromatic N) is 1. The molecule has 3 nitrogen and oxygen atoms in total. The quantitative estimate of drug-likeness (QED) is 0.146. The molecule has 4 heterocycles. The summed E-state index contributed by atoms with van der Waals surface area (Å²) >= 11 is 0. The van der Waals surface area contributed by atoms with Gasteiger partial charge in [-0.15, -0.1) is 6.58 Å². The molecule has 3 saturated heterocycles. The maximum Gasteiger partial charge on any atom is 0.134 e. The third-order valence-corrected chi connectivity index (χ3v) is 15.3.